The van der Waals surface area contributed by atoms with Crippen LogP contribution in [-0.4, -0.2) is 19.0 Å². The number of rotatable bonds is 4. The average Bonchev–Trinajstić information content (AvgIpc) is 2.23. The second-order valence-electron chi connectivity index (χ2n) is 3.71. The van der Waals surface area contributed by atoms with E-state index < -0.39 is 0 Å². The maximum absolute atomic E-state index is 11.7. The first-order chi connectivity index (χ1) is 7.52. The smallest absolute Gasteiger partial charge is 0.251 e. The van der Waals surface area contributed by atoms with Gasteiger partial charge in [-0.15, -0.1) is 0 Å². The molecule has 1 aromatic rings. The molecule has 3 N–H and O–H groups in total. The van der Waals surface area contributed by atoms with Gasteiger partial charge in [-0.2, -0.15) is 0 Å². The van der Waals surface area contributed by atoms with Gasteiger partial charge in [0.25, 0.3) is 5.91 Å². The van der Waals surface area contributed by atoms with Crippen LogP contribution < -0.4 is 11.1 Å². The van der Waals surface area contributed by atoms with Crippen molar-refractivity contribution in [2.75, 3.05) is 13.1 Å². The fourth-order valence-electron chi connectivity index (χ4n) is 1.14. The lowest BCUT2D eigenvalue weighted by Crippen LogP contribution is -2.31. The first kappa shape index (κ1) is 13.3. The van der Waals surface area contributed by atoms with Crippen LogP contribution in [-0.2, 0) is 0 Å². The molecule has 1 atom stereocenters. The number of amides is 1. The molecular formula is C11H14Cl2N2O. The number of benzene rings is 1. The van der Waals surface area contributed by atoms with Crippen molar-refractivity contribution in [1.82, 2.24) is 5.32 Å². The Bertz CT molecular complexity index is 362. The van der Waals surface area contributed by atoms with Crippen LogP contribution in [0.15, 0.2) is 18.2 Å². The Hall–Kier alpha value is -0.770. The van der Waals surface area contributed by atoms with Gasteiger partial charge >= 0.3 is 0 Å². The van der Waals surface area contributed by atoms with Crippen molar-refractivity contribution in [3.8, 4) is 0 Å². The summed E-state index contributed by atoms with van der Waals surface area (Å²) in [6, 6.07) is 4.74. The molecule has 0 spiro atoms. The molecule has 0 radical (unpaired) electrons. The average molecular weight is 261 g/mol. The minimum atomic E-state index is -0.190. The molecule has 0 aliphatic carbocycles. The molecule has 0 bridgehead atoms. The highest BCUT2D eigenvalue weighted by molar-refractivity contribution is 6.35. The highest BCUT2D eigenvalue weighted by Gasteiger charge is 2.08. The molecule has 0 saturated heterocycles. The summed E-state index contributed by atoms with van der Waals surface area (Å²) in [6.45, 7) is 3.04. The van der Waals surface area contributed by atoms with E-state index in [1.54, 1.807) is 18.2 Å². The number of carbonyl (C=O) groups excluding carboxylic acids is 1. The van der Waals surface area contributed by atoms with Crippen LogP contribution in [0.4, 0.5) is 0 Å². The maximum Gasteiger partial charge on any atom is 0.251 e. The second kappa shape index (κ2) is 6.09. The Morgan fingerprint density at radius 3 is 2.44 bits per heavy atom. The third-order valence-corrected chi connectivity index (χ3v) is 2.57. The molecule has 1 amide bonds. The summed E-state index contributed by atoms with van der Waals surface area (Å²) in [7, 11) is 0. The molecule has 0 aliphatic heterocycles. The molecule has 5 heteroatoms. The third-order valence-electron chi connectivity index (χ3n) is 2.14. The van der Waals surface area contributed by atoms with Crippen LogP contribution in [0.3, 0.4) is 0 Å². The predicted molar refractivity (Wildman–Crippen MR) is 67.0 cm³/mol. The standard InChI is InChI=1S/C11H14Cl2N2O/c1-7(5-14)6-15-11(16)8-2-9(12)4-10(13)3-8/h2-4,7H,5-6,14H2,1H3,(H,15,16). The van der Waals surface area contributed by atoms with Crippen molar-refractivity contribution in [3.05, 3.63) is 33.8 Å². The fraction of sp³-hybridized carbons (Fsp3) is 0.364. The van der Waals surface area contributed by atoms with Crippen molar-refractivity contribution in [2.24, 2.45) is 11.7 Å². The van der Waals surface area contributed by atoms with E-state index in [0.29, 0.717) is 28.7 Å². The van der Waals surface area contributed by atoms with E-state index in [0.717, 1.165) is 0 Å². The summed E-state index contributed by atoms with van der Waals surface area (Å²) in [5, 5.41) is 3.67. The van der Waals surface area contributed by atoms with Crippen LogP contribution in [0.2, 0.25) is 10.0 Å². The minimum Gasteiger partial charge on any atom is -0.352 e. The summed E-state index contributed by atoms with van der Waals surface area (Å²) in [5.74, 6) is 0.0586. The molecule has 3 nitrogen and oxygen atoms in total. The Labute approximate surface area is 105 Å². The Balaban J connectivity index is 2.66. The topological polar surface area (TPSA) is 55.1 Å². The van der Waals surface area contributed by atoms with Gasteiger partial charge in [-0.25, -0.2) is 0 Å². The number of nitrogens with one attached hydrogen (secondary N) is 1. The van der Waals surface area contributed by atoms with Gasteiger partial charge in [-0.1, -0.05) is 30.1 Å². The first-order valence-electron chi connectivity index (χ1n) is 4.97. The van der Waals surface area contributed by atoms with Crippen LogP contribution in [0, 0.1) is 5.92 Å². The number of hydrogen-bond donors (Lipinski definition) is 2. The molecule has 88 valence electrons. The lowest BCUT2D eigenvalue weighted by molar-refractivity contribution is 0.0948. The number of nitrogens with two attached hydrogens (primary N) is 1. The molecule has 1 aromatic carbocycles. The largest absolute Gasteiger partial charge is 0.352 e. The van der Waals surface area contributed by atoms with E-state index in [-0.39, 0.29) is 11.8 Å². The van der Waals surface area contributed by atoms with E-state index in [4.69, 9.17) is 28.9 Å². The van der Waals surface area contributed by atoms with E-state index in [1.807, 2.05) is 6.92 Å². The van der Waals surface area contributed by atoms with Crippen LogP contribution in [0.5, 0.6) is 0 Å². The second-order valence-corrected chi connectivity index (χ2v) is 4.58. The van der Waals surface area contributed by atoms with Crippen molar-refractivity contribution >= 4 is 29.1 Å². The normalized spacial score (nSPS) is 12.2. The first-order valence-corrected chi connectivity index (χ1v) is 5.73. The summed E-state index contributed by atoms with van der Waals surface area (Å²) in [4.78, 5) is 11.7. The van der Waals surface area contributed by atoms with E-state index >= 15 is 0 Å². The Morgan fingerprint density at radius 1 is 1.38 bits per heavy atom. The van der Waals surface area contributed by atoms with Crippen LogP contribution >= 0.6 is 23.2 Å². The monoisotopic (exact) mass is 260 g/mol. The van der Waals surface area contributed by atoms with Gasteiger partial charge in [-0.3, -0.25) is 4.79 Å². The fourth-order valence-corrected chi connectivity index (χ4v) is 1.66. The highest BCUT2D eigenvalue weighted by atomic mass is 35.5. The van der Waals surface area contributed by atoms with E-state index in [1.165, 1.54) is 0 Å². The van der Waals surface area contributed by atoms with Crippen molar-refractivity contribution in [3.63, 3.8) is 0 Å². The summed E-state index contributed by atoms with van der Waals surface area (Å²) in [5.41, 5.74) is 5.91. The molecule has 0 fully saturated rings. The zero-order chi connectivity index (χ0) is 12.1. The maximum atomic E-state index is 11.7. The summed E-state index contributed by atoms with van der Waals surface area (Å²) < 4.78 is 0. The van der Waals surface area contributed by atoms with Crippen LogP contribution in [0.25, 0.3) is 0 Å². The predicted octanol–water partition coefficient (Wildman–Crippen LogP) is 2.32. The van der Waals surface area contributed by atoms with Gasteiger partial charge in [0.1, 0.15) is 0 Å². The summed E-state index contributed by atoms with van der Waals surface area (Å²) >= 11 is 11.6. The van der Waals surface area contributed by atoms with Gasteiger partial charge in [-0.05, 0) is 30.7 Å². The Morgan fingerprint density at radius 2 is 1.94 bits per heavy atom. The molecule has 1 unspecified atom stereocenters. The van der Waals surface area contributed by atoms with Gasteiger partial charge in [0.2, 0.25) is 0 Å². The zero-order valence-electron chi connectivity index (χ0n) is 8.97. The van der Waals surface area contributed by atoms with E-state index in [2.05, 4.69) is 5.32 Å². The van der Waals surface area contributed by atoms with Crippen LogP contribution in [0.1, 0.15) is 17.3 Å². The lowest BCUT2D eigenvalue weighted by atomic mass is 10.1. The quantitative estimate of drug-likeness (QED) is 0.873. The molecular weight excluding hydrogens is 247 g/mol. The summed E-state index contributed by atoms with van der Waals surface area (Å²) in [6.07, 6.45) is 0. The van der Waals surface area contributed by atoms with Crippen molar-refractivity contribution in [1.29, 1.82) is 0 Å². The third kappa shape index (κ3) is 4.00. The molecule has 1 rings (SSSR count). The molecule has 16 heavy (non-hydrogen) atoms. The zero-order valence-corrected chi connectivity index (χ0v) is 10.5. The molecule has 0 aliphatic rings. The highest BCUT2D eigenvalue weighted by Crippen LogP contribution is 2.18. The number of carbonyl (C=O) groups is 1. The lowest BCUT2D eigenvalue weighted by Gasteiger charge is -2.10. The van der Waals surface area contributed by atoms with Crippen molar-refractivity contribution < 1.29 is 4.79 Å². The number of hydrogen-bond acceptors (Lipinski definition) is 2. The van der Waals surface area contributed by atoms with Crippen molar-refractivity contribution in [2.45, 2.75) is 6.92 Å². The van der Waals surface area contributed by atoms with Gasteiger partial charge < -0.3 is 11.1 Å². The molecule has 0 aromatic heterocycles. The minimum absolute atomic E-state index is 0.190. The van der Waals surface area contributed by atoms with E-state index in [9.17, 15) is 4.79 Å². The SMILES string of the molecule is CC(CN)CNC(=O)c1cc(Cl)cc(Cl)c1. The molecule has 0 heterocycles. The van der Waals surface area contributed by atoms with Gasteiger partial charge in [0.05, 0.1) is 0 Å². The Kier molecular flexibility index (Phi) is 5.06. The van der Waals surface area contributed by atoms with Gasteiger partial charge in [0.15, 0.2) is 0 Å². The molecule has 0 saturated carbocycles. The number of halogens is 2. The van der Waals surface area contributed by atoms with Gasteiger partial charge in [0, 0.05) is 22.2 Å².